The van der Waals surface area contributed by atoms with Gasteiger partial charge in [-0.25, -0.2) is 4.39 Å². The Kier molecular flexibility index (Phi) is 5.99. The SMILES string of the molecule is CCOC1(C(Cc2ccc(Cl)cc2F)NC)CCOCC1. The molecule has 1 saturated heterocycles. The summed E-state index contributed by atoms with van der Waals surface area (Å²) in [6.07, 6.45) is 2.21. The largest absolute Gasteiger partial charge is 0.381 e. The van der Waals surface area contributed by atoms with Crippen molar-refractivity contribution < 1.29 is 13.9 Å². The number of rotatable bonds is 6. The first-order valence-electron chi connectivity index (χ1n) is 7.44. The fraction of sp³-hybridized carbons (Fsp3) is 0.625. The van der Waals surface area contributed by atoms with Gasteiger partial charge in [0.25, 0.3) is 0 Å². The Hall–Kier alpha value is -0.680. The van der Waals surface area contributed by atoms with Crippen molar-refractivity contribution in [1.82, 2.24) is 5.32 Å². The maximum absolute atomic E-state index is 14.0. The lowest BCUT2D eigenvalue weighted by atomic mass is 9.82. The highest BCUT2D eigenvalue weighted by Crippen LogP contribution is 2.31. The maximum Gasteiger partial charge on any atom is 0.127 e. The van der Waals surface area contributed by atoms with E-state index >= 15 is 0 Å². The minimum absolute atomic E-state index is 0.0389. The lowest BCUT2D eigenvalue weighted by molar-refractivity contribution is -0.125. The van der Waals surface area contributed by atoms with E-state index in [2.05, 4.69) is 5.32 Å². The highest BCUT2D eigenvalue weighted by atomic mass is 35.5. The van der Waals surface area contributed by atoms with Crippen molar-refractivity contribution in [1.29, 1.82) is 0 Å². The Bertz CT molecular complexity index is 458. The topological polar surface area (TPSA) is 30.5 Å². The van der Waals surface area contributed by atoms with Crippen LogP contribution in [-0.4, -0.2) is 38.5 Å². The standard InChI is InChI=1S/C16H23ClFNO2/c1-3-21-16(6-8-20-9-7-16)15(19-2)10-12-4-5-13(17)11-14(12)18/h4-5,11,15,19H,3,6-10H2,1-2H3. The Morgan fingerprint density at radius 1 is 1.43 bits per heavy atom. The Labute approximate surface area is 130 Å². The van der Waals surface area contributed by atoms with Gasteiger partial charge in [-0.3, -0.25) is 0 Å². The molecule has 0 aliphatic carbocycles. The first-order valence-corrected chi connectivity index (χ1v) is 7.82. The Morgan fingerprint density at radius 2 is 2.14 bits per heavy atom. The molecule has 2 rings (SSSR count). The number of nitrogens with one attached hydrogen (secondary N) is 1. The number of likely N-dealkylation sites (N-methyl/N-ethyl adjacent to an activating group) is 1. The van der Waals surface area contributed by atoms with Gasteiger partial charge in [0.1, 0.15) is 5.82 Å². The van der Waals surface area contributed by atoms with Crippen LogP contribution in [0, 0.1) is 5.82 Å². The molecule has 21 heavy (non-hydrogen) atoms. The molecular formula is C16H23ClFNO2. The van der Waals surface area contributed by atoms with Gasteiger partial charge >= 0.3 is 0 Å². The second kappa shape index (κ2) is 7.54. The predicted octanol–water partition coefficient (Wildman–Crippen LogP) is 3.20. The lowest BCUT2D eigenvalue weighted by Gasteiger charge is -2.43. The molecule has 3 nitrogen and oxygen atoms in total. The lowest BCUT2D eigenvalue weighted by Crippen LogP contribution is -2.55. The van der Waals surface area contributed by atoms with Crippen LogP contribution in [0.25, 0.3) is 0 Å². The zero-order chi connectivity index (χ0) is 15.3. The van der Waals surface area contributed by atoms with E-state index < -0.39 is 0 Å². The summed E-state index contributed by atoms with van der Waals surface area (Å²) in [7, 11) is 1.90. The molecule has 1 heterocycles. The molecular weight excluding hydrogens is 293 g/mol. The molecule has 1 aliphatic heterocycles. The van der Waals surface area contributed by atoms with Gasteiger partial charge in [-0.2, -0.15) is 0 Å². The van der Waals surface area contributed by atoms with Crippen LogP contribution in [0.4, 0.5) is 4.39 Å². The van der Waals surface area contributed by atoms with E-state index in [9.17, 15) is 4.39 Å². The van der Waals surface area contributed by atoms with Gasteiger partial charge in [0.2, 0.25) is 0 Å². The summed E-state index contributed by atoms with van der Waals surface area (Å²) in [5, 5.41) is 3.73. The molecule has 1 unspecified atom stereocenters. The number of ether oxygens (including phenoxy) is 2. The summed E-state index contributed by atoms with van der Waals surface area (Å²) < 4.78 is 25.6. The molecule has 0 aromatic heterocycles. The van der Waals surface area contributed by atoms with Crippen molar-refractivity contribution in [2.24, 2.45) is 0 Å². The second-order valence-electron chi connectivity index (χ2n) is 5.39. The monoisotopic (exact) mass is 315 g/mol. The van der Waals surface area contributed by atoms with Crippen molar-refractivity contribution in [2.45, 2.75) is 37.8 Å². The first kappa shape index (κ1) is 16.7. The number of benzene rings is 1. The van der Waals surface area contributed by atoms with Gasteiger partial charge in [-0.15, -0.1) is 0 Å². The number of hydrogen-bond donors (Lipinski definition) is 1. The minimum atomic E-state index is -0.298. The molecule has 0 spiro atoms. The Balaban J connectivity index is 2.20. The molecule has 0 bridgehead atoms. The van der Waals surface area contributed by atoms with E-state index in [1.165, 1.54) is 6.07 Å². The van der Waals surface area contributed by atoms with Crippen LogP contribution >= 0.6 is 11.6 Å². The predicted molar refractivity (Wildman–Crippen MR) is 82.4 cm³/mol. The van der Waals surface area contributed by atoms with Crippen LogP contribution in [0.3, 0.4) is 0 Å². The normalized spacial score (nSPS) is 19.4. The van der Waals surface area contributed by atoms with Gasteiger partial charge in [0.15, 0.2) is 0 Å². The van der Waals surface area contributed by atoms with Crippen LogP contribution in [0.1, 0.15) is 25.3 Å². The summed E-state index contributed by atoms with van der Waals surface area (Å²) in [6, 6.07) is 4.88. The molecule has 1 fully saturated rings. The van der Waals surface area contributed by atoms with E-state index in [1.807, 2.05) is 14.0 Å². The van der Waals surface area contributed by atoms with Gasteiger partial charge < -0.3 is 14.8 Å². The van der Waals surface area contributed by atoms with Gasteiger partial charge in [0, 0.05) is 43.7 Å². The van der Waals surface area contributed by atoms with Gasteiger partial charge in [-0.05, 0) is 38.1 Å². The average Bonchev–Trinajstić information content (AvgIpc) is 2.47. The molecule has 5 heteroatoms. The van der Waals surface area contributed by atoms with Crippen molar-refractivity contribution >= 4 is 11.6 Å². The van der Waals surface area contributed by atoms with E-state index in [4.69, 9.17) is 21.1 Å². The van der Waals surface area contributed by atoms with Gasteiger partial charge in [0.05, 0.1) is 5.60 Å². The van der Waals surface area contributed by atoms with E-state index in [-0.39, 0.29) is 17.5 Å². The third-order valence-electron chi connectivity index (χ3n) is 4.19. The fourth-order valence-corrected chi connectivity index (χ4v) is 3.21. The minimum Gasteiger partial charge on any atom is -0.381 e. The zero-order valence-corrected chi connectivity index (χ0v) is 13.4. The molecule has 1 atom stereocenters. The van der Waals surface area contributed by atoms with Crippen molar-refractivity contribution in [3.05, 3.63) is 34.6 Å². The molecule has 0 saturated carbocycles. The average molecular weight is 316 g/mol. The van der Waals surface area contributed by atoms with Crippen molar-refractivity contribution in [3.63, 3.8) is 0 Å². The summed E-state index contributed by atoms with van der Waals surface area (Å²) in [4.78, 5) is 0. The smallest absolute Gasteiger partial charge is 0.127 e. The fourth-order valence-electron chi connectivity index (χ4n) is 3.06. The molecule has 118 valence electrons. The number of hydrogen-bond acceptors (Lipinski definition) is 3. The van der Waals surface area contributed by atoms with Gasteiger partial charge in [-0.1, -0.05) is 17.7 Å². The molecule has 1 aromatic carbocycles. The van der Waals surface area contributed by atoms with Crippen LogP contribution in [-0.2, 0) is 15.9 Å². The van der Waals surface area contributed by atoms with Crippen LogP contribution in [0.5, 0.6) is 0 Å². The molecule has 0 amide bonds. The van der Waals surface area contributed by atoms with Crippen molar-refractivity contribution in [3.8, 4) is 0 Å². The first-order chi connectivity index (χ1) is 10.1. The maximum atomic E-state index is 14.0. The van der Waals surface area contributed by atoms with Crippen molar-refractivity contribution in [2.75, 3.05) is 26.9 Å². The Morgan fingerprint density at radius 3 is 2.71 bits per heavy atom. The molecule has 1 aliphatic rings. The molecule has 1 N–H and O–H groups in total. The second-order valence-corrected chi connectivity index (χ2v) is 5.83. The van der Waals surface area contributed by atoms with Crippen LogP contribution < -0.4 is 5.32 Å². The quantitative estimate of drug-likeness (QED) is 0.874. The zero-order valence-electron chi connectivity index (χ0n) is 12.6. The summed E-state index contributed by atoms with van der Waals surface area (Å²) in [5.74, 6) is -0.263. The third kappa shape index (κ3) is 3.95. The highest BCUT2D eigenvalue weighted by molar-refractivity contribution is 6.30. The van der Waals surface area contributed by atoms with E-state index in [0.29, 0.717) is 36.8 Å². The molecule has 1 aromatic rings. The van der Waals surface area contributed by atoms with E-state index in [1.54, 1.807) is 12.1 Å². The third-order valence-corrected chi connectivity index (χ3v) is 4.43. The van der Waals surface area contributed by atoms with Crippen LogP contribution in [0.2, 0.25) is 5.02 Å². The molecule has 0 radical (unpaired) electrons. The highest BCUT2D eigenvalue weighted by Gasteiger charge is 2.40. The summed E-state index contributed by atoms with van der Waals surface area (Å²) >= 11 is 5.82. The van der Waals surface area contributed by atoms with E-state index in [0.717, 1.165) is 12.8 Å². The number of halogens is 2. The summed E-state index contributed by atoms with van der Waals surface area (Å²) in [6.45, 7) is 4.00. The summed E-state index contributed by atoms with van der Waals surface area (Å²) in [5.41, 5.74) is 0.359. The van der Waals surface area contributed by atoms with Crippen LogP contribution in [0.15, 0.2) is 18.2 Å².